The molecule has 0 radical (unpaired) electrons. The van der Waals surface area contributed by atoms with Gasteiger partial charge < -0.3 is 10.1 Å². The lowest BCUT2D eigenvalue weighted by Gasteiger charge is -2.37. The van der Waals surface area contributed by atoms with E-state index in [9.17, 15) is 0 Å². The van der Waals surface area contributed by atoms with Gasteiger partial charge in [0, 0.05) is 23.9 Å². The van der Waals surface area contributed by atoms with Crippen molar-refractivity contribution in [2.75, 3.05) is 12.9 Å². The molecule has 2 aliphatic rings. The van der Waals surface area contributed by atoms with Crippen LogP contribution in [-0.4, -0.2) is 36.3 Å². The van der Waals surface area contributed by atoms with Crippen molar-refractivity contribution in [1.29, 1.82) is 0 Å². The normalized spacial score (nSPS) is 40.4. The predicted octanol–water partition coefficient (Wildman–Crippen LogP) is 2.43. The smallest absolute Gasteiger partial charge is 0.0604 e. The quantitative estimate of drug-likeness (QED) is 0.782. The molecule has 0 saturated heterocycles. The highest BCUT2D eigenvalue weighted by atomic mass is 32.2. The fraction of sp³-hybridized carbons (Fsp3) is 1.00. The van der Waals surface area contributed by atoms with Crippen molar-refractivity contribution in [3.8, 4) is 0 Å². The molecular formula is C12H23NOS. The molecule has 1 N–H and O–H groups in total. The molecule has 3 heteroatoms. The molecule has 0 amide bonds. The first-order valence-corrected chi connectivity index (χ1v) is 7.51. The van der Waals surface area contributed by atoms with Crippen LogP contribution in [0.5, 0.6) is 0 Å². The molecular weight excluding hydrogens is 206 g/mol. The van der Waals surface area contributed by atoms with E-state index < -0.39 is 0 Å². The van der Waals surface area contributed by atoms with Gasteiger partial charge in [0.05, 0.1) is 6.10 Å². The molecule has 88 valence electrons. The van der Waals surface area contributed by atoms with E-state index in [1.54, 1.807) is 0 Å². The van der Waals surface area contributed by atoms with Crippen LogP contribution in [0.1, 0.15) is 39.0 Å². The number of ether oxygens (including phenoxy) is 1. The lowest BCUT2D eigenvalue weighted by molar-refractivity contribution is -0.0122. The van der Waals surface area contributed by atoms with E-state index in [0.717, 1.165) is 23.9 Å². The Kier molecular flexibility index (Phi) is 4.35. The van der Waals surface area contributed by atoms with Crippen LogP contribution in [-0.2, 0) is 4.74 Å². The summed E-state index contributed by atoms with van der Waals surface area (Å²) in [7, 11) is 0. The summed E-state index contributed by atoms with van der Waals surface area (Å²) in [6.45, 7) is 2.95. The maximum atomic E-state index is 5.57. The summed E-state index contributed by atoms with van der Waals surface area (Å²) in [5.74, 6) is 0. The predicted molar refractivity (Wildman–Crippen MR) is 66.5 cm³/mol. The summed E-state index contributed by atoms with van der Waals surface area (Å²) in [5, 5.41) is 4.68. The second-order valence-corrected chi connectivity index (χ2v) is 5.92. The zero-order valence-corrected chi connectivity index (χ0v) is 10.7. The van der Waals surface area contributed by atoms with Crippen LogP contribution in [0.25, 0.3) is 0 Å². The molecule has 15 heavy (non-hydrogen) atoms. The molecule has 2 unspecified atom stereocenters. The van der Waals surface area contributed by atoms with Gasteiger partial charge in [-0.3, -0.25) is 0 Å². The van der Waals surface area contributed by atoms with Crippen LogP contribution in [0.4, 0.5) is 0 Å². The third-order valence-corrected chi connectivity index (χ3v) is 4.78. The van der Waals surface area contributed by atoms with Crippen LogP contribution in [0.3, 0.4) is 0 Å². The van der Waals surface area contributed by atoms with Gasteiger partial charge in [-0.25, -0.2) is 0 Å². The number of nitrogens with one attached hydrogen (secondary N) is 1. The Balaban J connectivity index is 1.59. The van der Waals surface area contributed by atoms with Gasteiger partial charge in [0.2, 0.25) is 0 Å². The second-order valence-electron chi connectivity index (χ2n) is 4.78. The Morgan fingerprint density at radius 2 is 2.00 bits per heavy atom. The average molecular weight is 229 g/mol. The number of hydrogen-bond donors (Lipinski definition) is 1. The maximum Gasteiger partial charge on any atom is 0.0604 e. The largest absolute Gasteiger partial charge is 0.378 e. The van der Waals surface area contributed by atoms with Gasteiger partial charge in [0.15, 0.2) is 0 Å². The molecule has 2 nitrogen and oxygen atoms in total. The molecule has 2 aliphatic carbocycles. The first kappa shape index (κ1) is 11.7. The molecule has 0 aromatic rings. The highest BCUT2D eigenvalue weighted by molar-refractivity contribution is 7.99. The van der Waals surface area contributed by atoms with E-state index in [1.165, 1.54) is 32.1 Å². The lowest BCUT2D eigenvalue weighted by Crippen LogP contribution is -2.48. The molecule has 0 heterocycles. The van der Waals surface area contributed by atoms with Crippen molar-refractivity contribution >= 4 is 11.8 Å². The van der Waals surface area contributed by atoms with E-state index in [-0.39, 0.29) is 0 Å². The summed E-state index contributed by atoms with van der Waals surface area (Å²) in [5.41, 5.74) is 0. The zero-order chi connectivity index (χ0) is 10.7. The van der Waals surface area contributed by atoms with Crippen molar-refractivity contribution in [2.24, 2.45) is 0 Å². The van der Waals surface area contributed by atoms with Crippen molar-refractivity contribution in [3.63, 3.8) is 0 Å². The van der Waals surface area contributed by atoms with Gasteiger partial charge in [0.1, 0.15) is 0 Å². The Bertz CT molecular complexity index is 194. The first-order chi connectivity index (χ1) is 7.31. The lowest BCUT2D eigenvalue weighted by atomic mass is 9.88. The Morgan fingerprint density at radius 1 is 1.20 bits per heavy atom. The van der Waals surface area contributed by atoms with Crippen molar-refractivity contribution < 1.29 is 4.74 Å². The molecule has 0 aromatic carbocycles. The van der Waals surface area contributed by atoms with E-state index >= 15 is 0 Å². The number of hydrogen-bond acceptors (Lipinski definition) is 3. The van der Waals surface area contributed by atoms with Gasteiger partial charge in [-0.2, -0.15) is 11.8 Å². The molecule has 0 aromatic heterocycles. The Hall–Kier alpha value is 0.270. The van der Waals surface area contributed by atoms with Crippen LogP contribution in [0.15, 0.2) is 0 Å². The van der Waals surface area contributed by atoms with Crippen LogP contribution in [0, 0.1) is 0 Å². The van der Waals surface area contributed by atoms with Gasteiger partial charge in [-0.15, -0.1) is 0 Å². The summed E-state index contributed by atoms with van der Waals surface area (Å²) < 4.78 is 5.57. The molecule has 0 aliphatic heterocycles. The van der Waals surface area contributed by atoms with E-state index in [1.807, 2.05) is 11.8 Å². The fourth-order valence-electron chi connectivity index (χ4n) is 2.71. The molecule has 0 spiro atoms. The van der Waals surface area contributed by atoms with Crippen LogP contribution < -0.4 is 5.32 Å². The standard InChI is InChI=1S/C12H23NOS/c1-3-14-11-6-10(7-11)13-9-4-5-12(8-9)15-2/h9-13H,3-8H2,1-2H3. The summed E-state index contributed by atoms with van der Waals surface area (Å²) in [6, 6.07) is 1.53. The van der Waals surface area contributed by atoms with Gasteiger partial charge in [0.25, 0.3) is 0 Å². The second kappa shape index (κ2) is 5.55. The topological polar surface area (TPSA) is 21.3 Å². The third kappa shape index (κ3) is 3.11. The van der Waals surface area contributed by atoms with Crippen molar-refractivity contribution in [3.05, 3.63) is 0 Å². The van der Waals surface area contributed by atoms with E-state index in [2.05, 4.69) is 18.5 Å². The zero-order valence-electron chi connectivity index (χ0n) is 9.87. The number of thioether (sulfide) groups is 1. The minimum atomic E-state index is 0.547. The van der Waals surface area contributed by atoms with Gasteiger partial charge >= 0.3 is 0 Å². The molecule has 2 fully saturated rings. The summed E-state index contributed by atoms with van der Waals surface area (Å²) in [6.07, 6.45) is 9.40. The Labute approximate surface area is 97.5 Å². The SMILES string of the molecule is CCOC1CC(NC2CCC(SC)C2)C1. The molecule has 2 saturated carbocycles. The van der Waals surface area contributed by atoms with Crippen LogP contribution in [0.2, 0.25) is 0 Å². The fourth-order valence-corrected chi connectivity index (χ4v) is 3.51. The van der Waals surface area contributed by atoms with Gasteiger partial charge in [-0.1, -0.05) is 0 Å². The molecule has 0 bridgehead atoms. The summed E-state index contributed by atoms with van der Waals surface area (Å²) in [4.78, 5) is 0. The average Bonchev–Trinajstić information content (AvgIpc) is 2.62. The maximum absolute atomic E-state index is 5.57. The van der Waals surface area contributed by atoms with Crippen molar-refractivity contribution in [1.82, 2.24) is 5.32 Å². The molecule has 2 rings (SSSR count). The summed E-state index contributed by atoms with van der Waals surface area (Å²) >= 11 is 2.03. The van der Waals surface area contributed by atoms with Crippen molar-refractivity contribution in [2.45, 2.75) is 62.5 Å². The minimum Gasteiger partial charge on any atom is -0.378 e. The number of rotatable bonds is 5. The minimum absolute atomic E-state index is 0.547. The molecule has 2 atom stereocenters. The third-order valence-electron chi connectivity index (χ3n) is 3.69. The van der Waals surface area contributed by atoms with Crippen LogP contribution >= 0.6 is 11.8 Å². The highest BCUT2D eigenvalue weighted by Crippen LogP contribution is 2.31. The van der Waals surface area contributed by atoms with Gasteiger partial charge in [-0.05, 0) is 45.3 Å². The van der Waals surface area contributed by atoms with E-state index in [4.69, 9.17) is 4.74 Å². The first-order valence-electron chi connectivity index (χ1n) is 6.22. The Morgan fingerprint density at radius 3 is 2.60 bits per heavy atom. The monoisotopic (exact) mass is 229 g/mol. The highest BCUT2D eigenvalue weighted by Gasteiger charge is 2.33. The van der Waals surface area contributed by atoms with E-state index in [0.29, 0.717) is 6.10 Å².